The van der Waals surface area contributed by atoms with Gasteiger partial charge in [0.25, 0.3) is 0 Å². The van der Waals surface area contributed by atoms with E-state index < -0.39 is 0 Å². The molecule has 7 heteroatoms. The molecule has 1 N–H and O–H groups in total. The first-order chi connectivity index (χ1) is 13.1. The van der Waals surface area contributed by atoms with Crippen molar-refractivity contribution < 1.29 is 9.53 Å². The Bertz CT molecular complexity index is 779. The van der Waals surface area contributed by atoms with Gasteiger partial charge in [-0.15, -0.1) is 11.8 Å². The van der Waals surface area contributed by atoms with Crippen molar-refractivity contribution in [3.63, 3.8) is 0 Å². The number of thioether (sulfide) groups is 1. The summed E-state index contributed by atoms with van der Waals surface area (Å²) in [6, 6.07) is 13.7. The molecule has 0 spiro atoms. The van der Waals surface area contributed by atoms with Crippen LogP contribution in [-0.4, -0.2) is 50.5 Å². The van der Waals surface area contributed by atoms with Crippen LogP contribution in [0.2, 0.25) is 5.02 Å². The molecule has 1 fully saturated rings. The summed E-state index contributed by atoms with van der Waals surface area (Å²) in [5.41, 5.74) is 2.78. The van der Waals surface area contributed by atoms with E-state index in [9.17, 15) is 4.79 Å². The van der Waals surface area contributed by atoms with Gasteiger partial charge in [-0.1, -0.05) is 23.7 Å². The summed E-state index contributed by atoms with van der Waals surface area (Å²) in [6.07, 6.45) is 2.05. The number of hydrogen-bond acceptors (Lipinski definition) is 4. The zero-order valence-electron chi connectivity index (χ0n) is 15.6. The Hall–Kier alpha value is -1.89. The van der Waals surface area contributed by atoms with Crippen molar-refractivity contribution in [1.29, 1.82) is 0 Å². The lowest BCUT2D eigenvalue weighted by Crippen LogP contribution is -2.37. The molecule has 1 saturated heterocycles. The second kappa shape index (κ2) is 9.35. The fraction of sp³-hybridized carbons (Fsp3) is 0.350. The van der Waals surface area contributed by atoms with Gasteiger partial charge < -0.3 is 19.9 Å². The van der Waals surface area contributed by atoms with Crippen molar-refractivity contribution >= 4 is 40.8 Å². The summed E-state index contributed by atoms with van der Waals surface area (Å²) >= 11 is 7.87. The zero-order chi connectivity index (χ0) is 19.2. The zero-order valence-corrected chi connectivity index (χ0v) is 17.1. The highest BCUT2D eigenvalue weighted by atomic mass is 35.5. The number of morpholine rings is 1. The highest BCUT2D eigenvalue weighted by Crippen LogP contribution is 2.30. The molecule has 2 amide bonds. The second-order valence-electron chi connectivity index (χ2n) is 6.40. The van der Waals surface area contributed by atoms with Gasteiger partial charge in [-0.05, 0) is 42.2 Å². The van der Waals surface area contributed by atoms with Gasteiger partial charge in [0, 0.05) is 36.6 Å². The Morgan fingerprint density at radius 1 is 1.22 bits per heavy atom. The van der Waals surface area contributed by atoms with Crippen LogP contribution in [0.3, 0.4) is 0 Å². The predicted molar refractivity (Wildman–Crippen MR) is 113 cm³/mol. The van der Waals surface area contributed by atoms with Crippen LogP contribution in [0.1, 0.15) is 5.56 Å². The van der Waals surface area contributed by atoms with Crippen LogP contribution in [0.5, 0.6) is 0 Å². The molecule has 1 aliphatic heterocycles. The number of nitrogens with zero attached hydrogens (tertiary/aromatic N) is 2. The maximum absolute atomic E-state index is 12.7. The highest BCUT2D eigenvalue weighted by Gasteiger charge is 2.18. The number of carbonyl (C=O) groups excluding carboxylic acids is 1. The quantitative estimate of drug-likeness (QED) is 0.740. The van der Waals surface area contributed by atoms with Crippen LogP contribution in [0, 0.1) is 0 Å². The first-order valence-corrected chi connectivity index (χ1v) is 10.4. The third-order valence-corrected chi connectivity index (χ3v) is 5.46. The molecule has 1 heterocycles. The normalized spacial score (nSPS) is 14.1. The second-order valence-corrected chi connectivity index (χ2v) is 7.71. The first-order valence-electron chi connectivity index (χ1n) is 8.84. The molecule has 0 saturated carbocycles. The number of rotatable bonds is 5. The molecule has 0 aliphatic carbocycles. The van der Waals surface area contributed by atoms with E-state index in [0.29, 0.717) is 24.8 Å². The van der Waals surface area contributed by atoms with E-state index in [4.69, 9.17) is 16.3 Å². The van der Waals surface area contributed by atoms with Crippen LogP contribution in [0.25, 0.3) is 0 Å². The topological polar surface area (TPSA) is 44.8 Å². The lowest BCUT2D eigenvalue weighted by atomic mass is 10.2. The summed E-state index contributed by atoms with van der Waals surface area (Å²) in [7, 11) is 1.79. The summed E-state index contributed by atoms with van der Waals surface area (Å²) in [5, 5.41) is 3.60. The van der Waals surface area contributed by atoms with Crippen LogP contribution >= 0.6 is 23.4 Å². The van der Waals surface area contributed by atoms with Crippen LogP contribution in [0.4, 0.5) is 16.2 Å². The third-order valence-electron chi connectivity index (χ3n) is 4.48. The van der Waals surface area contributed by atoms with E-state index in [0.717, 1.165) is 30.0 Å². The number of anilines is 2. The monoisotopic (exact) mass is 405 g/mol. The SMILES string of the molecule is CSc1ccc(CN(C)C(=O)Nc2cc(Cl)ccc2N2CCOCC2)cc1. The molecule has 0 unspecified atom stereocenters. The van der Waals surface area contributed by atoms with Gasteiger partial charge in [0.05, 0.1) is 24.6 Å². The largest absolute Gasteiger partial charge is 0.378 e. The van der Waals surface area contributed by atoms with Gasteiger partial charge in [0.15, 0.2) is 0 Å². The maximum atomic E-state index is 12.7. The Labute approximate surface area is 169 Å². The van der Waals surface area contributed by atoms with Crippen LogP contribution in [0.15, 0.2) is 47.4 Å². The number of nitrogens with one attached hydrogen (secondary N) is 1. The molecule has 1 aliphatic rings. The first kappa shape index (κ1) is 19.9. The van der Waals surface area contributed by atoms with Gasteiger partial charge in [-0.2, -0.15) is 0 Å². The Kier molecular flexibility index (Phi) is 6.88. The molecular weight excluding hydrogens is 382 g/mol. The number of urea groups is 1. The Morgan fingerprint density at radius 3 is 2.59 bits per heavy atom. The van der Waals surface area contributed by atoms with Gasteiger partial charge in [0.1, 0.15) is 0 Å². The van der Waals surface area contributed by atoms with E-state index >= 15 is 0 Å². The summed E-state index contributed by atoms with van der Waals surface area (Å²) in [6.45, 7) is 3.49. The minimum Gasteiger partial charge on any atom is -0.378 e. The molecule has 5 nitrogen and oxygen atoms in total. The average molecular weight is 406 g/mol. The van der Waals surface area contributed by atoms with E-state index in [1.165, 1.54) is 4.90 Å². The van der Waals surface area contributed by atoms with Crippen molar-refractivity contribution in [3.05, 3.63) is 53.1 Å². The summed E-state index contributed by atoms with van der Waals surface area (Å²) in [5.74, 6) is 0. The van der Waals surface area contributed by atoms with Crippen molar-refractivity contribution in [1.82, 2.24) is 4.90 Å². The average Bonchev–Trinajstić information content (AvgIpc) is 2.69. The van der Waals surface area contributed by atoms with Crippen molar-refractivity contribution in [2.24, 2.45) is 0 Å². The third kappa shape index (κ3) is 5.31. The van der Waals surface area contributed by atoms with Crippen LogP contribution in [-0.2, 0) is 11.3 Å². The molecule has 27 heavy (non-hydrogen) atoms. The number of carbonyl (C=O) groups is 1. The van der Waals surface area contributed by atoms with E-state index in [2.05, 4.69) is 22.3 Å². The van der Waals surface area contributed by atoms with Gasteiger partial charge >= 0.3 is 6.03 Å². The van der Waals surface area contributed by atoms with Gasteiger partial charge in [-0.25, -0.2) is 4.79 Å². The Balaban J connectivity index is 1.69. The smallest absolute Gasteiger partial charge is 0.321 e. The number of benzene rings is 2. The summed E-state index contributed by atoms with van der Waals surface area (Å²) in [4.78, 5) is 17.8. The molecule has 2 aromatic rings. The predicted octanol–water partition coefficient (Wildman–Crippen LogP) is 4.56. The number of ether oxygens (including phenoxy) is 1. The van der Waals surface area contributed by atoms with Crippen LogP contribution < -0.4 is 10.2 Å². The van der Waals surface area contributed by atoms with Gasteiger partial charge in [0.2, 0.25) is 0 Å². The number of halogens is 1. The van der Waals surface area contributed by atoms with Crippen molar-refractivity contribution in [2.75, 3.05) is 49.8 Å². The lowest BCUT2D eigenvalue weighted by molar-refractivity contribution is 0.123. The minimum atomic E-state index is -0.166. The molecule has 0 bridgehead atoms. The van der Waals surface area contributed by atoms with E-state index in [-0.39, 0.29) is 6.03 Å². The standard InChI is InChI=1S/C20H24ClN3O2S/c1-23(14-15-3-6-17(27-2)7-4-15)20(25)22-18-13-16(21)5-8-19(18)24-9-11-26-12-10-24/h3-8,13H,9-12,14H2,1-2H3,(H,22,25). The number of amides is 2. The van der Waals surface area contributed by atoms with E-state index in [1.54, 1.807) is 29.8 Å². The molecule has 3 rings (SSSR count). The molecule has 2 aromatic carbocycles. The molecule has 0 aromatic heterocycles. The minimum absolute atomic E-state index is 0.166. The molecule has 0 radical (unpaired) electrons. The molecular formula is C20H24ClN3O2S. The number of hydrogen-bond donors (Lipinski definition) is 1. The molecule has 0 atom stereocenters. The fourth-order valence-corrected chi connectivity index (χ4v) is 3.56. The van der Waals surface area contributed by atoms with Crippen molar-refractivity contribution in [2.45, 2.75) is 11.4 Å². The molecule has 144 valence electrons. The van der Waals surface area contributed by atoms with Gasteiger partial charge in [-0.3, -0.25) is 0 Å². The van der Waals surface area contributed by atoms with Crippen molar-refractivity contribution in [3.8, 4) is 0 Å². The summed E-state index contributed by atoms with van der Waals surface area (Å²) < 4.78 is 5.42. The maximum Gasteiger partial charge on any atom is 0.321 e. The highest BCUT2D eigenvalue weighted by molar-refractivity contribution is 7.98. The Morgan fingerprint density at radius 2 is 1.93 bits per heavy atom. The fourth-order valence-electron chi connectivity index (χ4n) is 2.98. The van der Waals surface area contributed by atoms with E-state index in [1.807, 2.05) is 30.5 Å². The lowest BCUT2D eigenvalue weighted by Gasteiger charge is -2.31.